The maximum absolute atomic E-state index is 11.5. The van der Waals surface area contributed by atoms with Gasteiger partial charge in [-0.1, -0.05) is 11.8 Å². The zero-order valence-electron chi connectivity index (χ0n) is 9.12. The molecule has 0 radical (unpaired) electrons. The lowest BCUT2D eigenvalue weighted by atomic mass is 10.3. The van der Waals surface area contributed by atoms with Crippen LogP contribution in [-0.4, -0.2) is 16.0 Å². The van der Waals surface area contributed by atoms with E-state index in [-0.39, 0.29) is 5.25 Å². The van der Waals surface area contributed by atoms with E-state index in [0.717, 1.165) is 30.0 Å². The van der Waals surface area contributed by atoms with Gasteiger partial charge < -0.3 is 0 Å². The van der Waals surface area contributed by atoms with E-state index < -0.39 is 0 Å². The Bertz CT molecular complexity index is 369. The molecule has 2 nitrogen and oxygen atoms in total. The Morgan fingerprint density at radius 1 is 1.40 bits per heavy atom. The number of ketones is 1. The van der Waals surface area contributed by atoms with Gasteiger partial charge in [-0.2, -0.15) is 0 Å². The van der Waals surface area contributed by atoms with Crippen LogP contribution in [0.2, 0.25) is 0 Å². The maximum Gasteiger partial charge on any atom is 0.146 e. The molecule has 1 heterocycles. The minimum atomic E-state index is 0.152. The van der Waals surface area contributed by atoms with Crippen LogP contribution in [0.3, 0.4) is 0 Å². The molecule has 1 aliphatic rings. The van der Waals surface area contributed by atoms with Crippen LogP contribution in [0.1, 0.15) is 30.5 Å². The average Bonchev–Trinajstić information content (AvgIpc) is 2.50. The third-order valence-corrected chi connectivity index (χ3v) is 3.82. The molecule has 3 heteroatoms. The molecule has 0 amide bonds. The second-order valence-electron chi connectivity index (χ2n) is 4.09. The third-order valence-electron chi connectivity index (χ3n) is 2.59. The van der Waals surface area contributed by atoms with Crippen molar-refractivity contribution in [3.8, 4) is 0 Å². The quantitative estimate of drug-likeness (QED) is 0.769. The van der Waals surface area contributed by atoms with Crippen LogP contribution in [0, 0.1) is 13.8 Å². The normalized spacial score (nSPS) is 20.9. The molecular formula is C12H15NOS. The highest BCUT2D eigenvalue weighted by molar-refractivity contribution is 8.00. The molecule has 0 aliphatic heterocycles. The van der Waals surface area contributed by atoms with Crippen molar-refractivity contribution in [2.24, 2.45) is 0 Å². The second-order valence-corrected chi connectivity index (χ2v) is 5.31. The number of nitrogens with zero attached hydrogens (tertiary/aromatic N) is 1. The van der Waals surface area contributed by atoms with E-state index in [2.05, 4.69) is 24.0 Å². The summed E-state index contributed by atoms with van der Waals surface area (Å²) in [6, 6.07) is 4.11. The molecule has 1 fully saturated rings. The van der Waals surface area contributed by atoms with Crippen molar-refractivity contribution < 1.29 is 4.79 Å². The number of carbonyl (C=O) groups excluding carboxylic acids is 1. The van der Waals surface area contributed by atoms with Crippen LogP contribution < -0.4 is 0 Å². The number of pyridine rings is 1. The third kappa shape index (κ3) is 2.59. The molecule has 0 saturated heterocycles. The summed E-state index contributed by atoms with van der Waals surface area (Å²) in [5, 5.41) is 1.14. The first-order valence-corrected chi connectivity index (χ1v) is 6.18. The molecule has 1 saturated carbocycles. The second kappa shape index (κ2) is 4.35. The van der Waals surface area contributed by atoms with E-state index in [1.54, 1.807) is 11.8 Å². The SMILES string of the molecule is Cc1cc(C)nc(SC2CCCC2=O)c1. The number of carbonyl (C=O) groups is 1. The molecule has 2 rings (SSSR count). The summed E-state index contributed by atoms with van der Waals surface area (Å²) in [5.74, 6) is 0.390. The van der Waals surface area contributed by atoms with Crippen molar-refractivity contribution in [2.45, 2.75) is 43.4 Å². The zero-order chi connectivity index (χ0) is 10.8. The monoisotopic (exact) mass is 221 g/mol. The number of aryl methyl sites for hydroxylation is 2. The van der Waals surface area contributed by atoms with Gasteiger partial charge >= 0.3 is 0 Å². The van der Waals surface area contributed by atoms with Crippen molar-refractivity contribution in [1.82, 2.24) is 4.98 Å². The number of aromatic nitrogens is 1. The van der Waals surface area contributed by atoms with Gasteiger partial charge in [-0.05, 0) is 44.4 Å². The molecular weight excluding hydrogens is 206 g/mol. The molecule has 0 N–H and O–H groups in total. The predicted molar refractivity (Wildman–Crippen MR) is 62.2 cm³/mol. The van der Waals surface area contributed by atoms with Gasteiger partial charge in [-0.3, -0.25) is 4.79 Å². The fraction of sp³-hybridized carbons (Fsp3) is 0.500. The first-order valence-electron chi connectivity index (χ1n) is 5.30. The summed E-state index contributed by atoms with van der Waals surface area (Å²) in [4.78, 5) is 15.9. The summed E-state index contributed by atoms with van der Waals surface area (Å²) in [6.45, 7) is 4.06. The standard InChI is InChI=1S/C12H15NOS/c1-8-6-9(2)13-12(7-8)15-11-5-3-4-10(11)14/h6-7,11H,3-5H2,1-2H3. The molecule has 0 bridgehead atoms. The van der Waals surface area contributed by atoms with Crippen LogP contribution >= 0.6 is 11.8 Å². The van der Waals surface area contributed by atoms with Crippen molar-refractivity contribution in [3.63, 3.8) is 0 Å². The summed E-state index contributed by atoms with van der Waals surface area (Å²) >= 11 is 1.63. The van der Waals surface area contributed by atoms with Gasteiger partial charge in [0, 0.05) is 12.1 Å². The molecule has 80 valence electrons. The number of hydrogen-bond acceptors (Lipinski definition) is 3. The molecule has 15 heavy (non-hydrogen) atoms. The van der Waals surface area contributed by atoms with Gasteiger partial charge in [0.2, 0.25) is 0 Å². The van der Waals surface area contributed by atoms with Crippen LogP contribution in [0.25, 0.3) is 0 Å². The number of rotatable bonds is 2. The maximum atomic E-state index is 11.5. The highest BCUT2D eigenvalue weighted by Crippen LogP contribution is 2.31. The smallest absolute Gasteiger partial charge is 0.146 e. The minimum Gasteiger partial charge on any atom is -0.298 e. The summed E-state index contributed by atoms with van der Waals surface area (Å²) in [5.41, 5.74) is 2.25. The topological polar surface area (TPSA) is 30.0 Å². The Labute approximate surface area is 94.5 Å². The molecule has 1 atom stereocenters. The number of thioether (sulfide) groups is 1. The fourth-order valence-electron chi connectivity index (χ4n) is 1.92. The Hall–Kier alpha value is -0.830. The average molecular weight is 221 g/mol. The largest absolute Gasteiger partial charge is 0.298 e. The Kier molecular flexibility index (Phi) is 3.10. The van der Waals surface area contributed by atoms with E-state index in [1.807, 2.05) is 6.92 Å². The highest BCUT2D eigenvalue weighted by Gasteiger charge is 2.25. The van der Waals surface area contributed by atoms with E-state index in [0.29, 0.717) is 5.78 Å². The molecule has 0 spiro atoms. The van der Waals surface area contributed by atoms with Gasteiger partial charge in [-0.25, -0.2) is 4.98 Å². The van der Waals surface area contributed by atoms with Gasteiger partial charge in [0.25, 0.3) is 0 Å². The zero-order valence-corrected chi connectivity index (χ0v) is 9.93. The molecule has 1 unspecified atom stereocenters. The van der Waals surface area contributed by atoms with Crippen molar-refractivity contribution in [1.29, 1.82) is 0 Å². The fourth-order valence-corrected chi connectivity index (χ4v) is 3.19. The highest BCUT2D eigenvalue weighted by atomic mass is 32.2. The predicted octanol–water partition coefficient (Wildman–Crippen LogP) is 2.91. The lowest BCUT2D eigenvalue weighted by Gasteiger charge is -2.08. The van der Waals surface area contributed by atoms with Crippen LogP contribution in [0.15, 0.2) is 17.2 Å². The summed E-state index contributed by atoms with van der Waals surface area (Å²) < 4.78 is 0. The Balaban J connectivity index is 2.13. The van der Waals surface area contributed by atoms with Gasteiger partial charge in [0.05, 0.1) is 10.3 Å². The van der Waals surface area contributed by atoms with Crippen molar-refractivity contribution in [2.75, 3.05) is 0 Å². The molecule has 1 aliphatic carbocycles. The lowest BCUT2D eigenvalue weighted by Crippen LogP contribution is -2.08. The number of Topliss-reactive ketones (excluding diaryl/α,β-unsaturated/α-hetero) is 1. The molecule has 1 aromatic heterocycles. The summed E-state index contributed by atoms with van der Waals surface area (Å²) in [6.07, 6.45) is 2.81. The first kappa shape index (κ1) is 10.7. The first-order chi connectivity index (χ1) is 7.15. The van der Waals surface area contributed by atoms with E-state index >= 15 is 0 Å². The van der Waals surface area contributed by atoms with E-state index in [4.69, 9.17) is 0 Å². The van der Waals surface area contributed by atoms with Gasteiger partial charge in [-0.15, -0.1) is 0 Å². The summed E-state index contributed by atoms with van der Waals surface area (Å²) in [7, 11) is 0. The molecule has 0 aromatic carbocycles. The van der Waals surface area contributed by atoms with E-state index in [9.17, 15) is 4.79 Å². The molecule has 1 aromatic rings. The minimum absolute atomic E-state index is 0.152. The van der Waals surface area contributed by atoms with Gasteiger partial charge in [0.15, 0.2) is 0 Å². The lowest BCUT2D eigenvalue weighted by molar-refractivity contribution is -0.116. The van der Waals surface area contributed by atoms with Crippen molar-refractivity contribution >= 4 is 17.5 Å². The van der Waals surface area contributed by atoms with Crippen LogP contribution in [-0.2, 0) is 4.79 Å². The Morgan fingerprint density at radius 2 is 2.20 bits per heavy atom. The number of hydrogen-bond donors (Lipinski definition) is 0. The van der Waals surface area contributed by atoms with Crippen LogP contribution in [0.4, 0.5) is 0 Å². The van der Waals surface area contributed by atoms with Gasteiger partial charge in [0.1, 0.15) is 5.78 Å². The Morgan fingerprint density at radius 3 is 2.80 bits per heavy atom. The van der Waals surface area contributed by atoms with Crippen LogP contribution in [0.5, 0.6) is 0 Å². The van der Waals surface area contributed by atoms with E-state index in [1.165, 1.54) is 5.56 Å². The van der Waals surface area contributed by atoms with Crippen molar-refractivity contribution in [3.05, 3.63) is 23.4 Å².